The minimum absolute atomic E-state index is 0.00607. The molecular weight excluding hydrogens is 373 g/mol. The van der Waals surface area contributed by atoms with Crippen molar-refractivity contribution in [1.29, 1.82) is 0 Å². The topological polar surface area (TPSA) is 32.3 Å². The Bertz CT molecular complexity index is 935. The van der Waals surface area contributed by atoms with Crippen molar-refractivity contribution in [3.63, 3.8) is 0 Å². The molecule has 0 aromatic heterocycles. The van der Waals surface area contributed by atoms with Crippen LogP contribution in [0.3, 0.4) is 0 Å². The summed E-state index contributed by atoms with van der Waals surface area (Å²) in [6, 6.07) is 18.9. The van der Waals surface area contributed by atoms with E-state index in [1.807, 2.05) is 37.3 Å². The molecule has 30 heavy (non-hydrogen) atoms. The van der Waals surface area contributed by atoms with Gasteiger partial charge in [0.2, 0.25) is 0 Å². The molecule has 2 aromatic carbocycles. The highest BCUT2D eigenvalue weighted by molar-refractivity contribution is 5.99. The Hall–Kier alpha value is -2.91. The zero-order valence-corrected chi connectivity index (χ0v) is 17.6. The van der Waals surface area contributed by atoms with Crippen molar-refractivity contribution in [3.05, 3.63) is 107 Å². The number of aliphatic hydroxyl groups is 1. The SMILES string of the molecule is C=C(O)\C=C/C(=C\C)C(=C(\CCCF)c1ccccc1)/c1ccc(C2CNC2)cc1. The molecule has 0 atom stereocenters. The van der Waals surface area contributed by atoms with E-state index in [1.54, 1.807) is 6.08 Å². The molecule has 0 saturated carbocycles. The molecule has 0 unspecified atom stereocenters. The van der Waals surface area contributed by atoms with Gasteiger partial charge in [0, 0.05) is 19.0 Å². The van der Waals surface area contributed by atoms with E-state index in [1.165, 1.54) is 5.56 Å². The maximum absolute atomic E-state index is 13.2. The van der Waals surface area contributed by atoms with Gasteiger partial charge in [0.25, 0.3) is 0 Å². The number of nitrogens with one attached hydrogen (secondary N) is 1. The Morgan fingerprint density at radius 1 is 1.07 bits per heavy atom. The molecule has 2 N–H and O–H groups in total. The van der Waals surface area contributed by atoms with Crippen LogP contribution in [0.1, 0.15) is 42.4 Å². The van der Waals surface area contributed by atoms with E-state index in [2.05, 4.69) is 48.3 Å². The van der Waals surface area contributed by atoms with Gasteiger partial charge in [0.1, 0.15) is 5.76 Å². The van der Waals surface area contributed by atoms with Crippen LogP contribution in [-0.2, 0) is 0 Å². The van der Waals surface area contributed by atoms with Crippen LogP contribution in [0.5, 0.6) is 0 Å². The van der Waals surface area contributed by atoms with Crippen molar-refractivity contribution in [2.24, 2.45) is 0 Å². The molecule has 1 aliphatic rings. The average molecular weight is 404 g/mol. The Morgan fingerprint density at radius 2 is 1.77 bits per heavy atom. The Morgan fingerprint density at radius 3 is 2.30 bits per heavy atom. The van der Waals surface area contributed by atoms with Crippen molar-refractivity contribution in [2.75, 3.05) is 19.8 Å². The standard InChI is InChI=1S/C27H30FNO/c1-3-21(12-11-20(2)30)27(24-15-13-22(14-16-24)25-18-29-19-25)26(10-7-17-28)23-8-5-4-6-9-23/h3-6,8-9,11-16,25,29-30H,2,7,10,17-19H2,1H3/b12-11-,21-3+,27-26-. The maximum atomic E-state index is 13.2. The number of halogens is 1. The first kappa shape index (κ1) is 21.8. The van der Waals surface area contributed by atoms with E-state index in [9.17, 15) is 9.50 Å². The van der Waals surface area contributed by atoms with Gasteiger partial charge in [-0.15, -0.1) is 0 Å². The fourth-order valence-corrected chi connectivity index (χ4v) is 3.77. The summed E-state index contributed by atoms with van der Waals surface area (Å²) in [7, 11) is 0. The third kappa shape index (κ3) is 5.37. The lowest BCUT2D eigenvalue weighted by molar-refractivity contribution is 0.435. The summed E-state index contributed by atoms with van der Waals surface area (Å²) >= 11 is 0. The summed E-state index contributed by atoms with van der Waals surface area (Å²) < 4.78 is 13.2. The molecule has 0 spiro atoms. The summed E-state index contributed by atoms with van der Waals surface area (Å²) in [4.78, 5) is 0. The summed E-state index contributed by atoms with van der Waals surface area (Å²) in [5.74, 6) is 0.581. The normalized spacial score (nSPS) is 15.7. The fraction of sp³-hybridized carbons (Fsp3) is 0.259. The number of hydrogen-bond acceptors (Lipinski definition) is 2. The first-order chi connectivity index (χ1) is 14.6. The van der Waals surface area contributed by atoms with Crippen LogP contribution in [0.15, 0.2) is 90.7 Å². The van der Waals surface area contributed by atoms with Crippen LogP contribution in [-0.4, -0.2) is 24.9 Å². The van der Waals surface area contributed by atoms with Gasteiger partial charge < -0.3 is 10.4 Å². The van der Waals surface area contributed by atoms with Gasteiger partial charge in [-0.25, -0.2) is 0 Å². The summed E-state index contributed by atoms with van der Waals surface area (Å²) in [5.41, 5.74) is 6.65. The minimum atomic E-state index is -0.355. The van der Waals surface area contributed by atoms with Crippen LogP contribution in [0.2, 0.25) is 0 Å². The Balaban J connectivity index is 2.15. The Kier molecular flexibility index (Phi) is 7.81. The lowest BCUT2D eigenvalue weighted by atomic mass is 9.85. The predicted molar refractivity (Wildman–Crippen MR) is 125 cm³/mol. The second-order valence-corrected chi connectivity index (χ2v) is 7.56. The third-order valence-corrected chi connectivity index (χ3v) is 5.49. The molecule has 2 nitrogen and oxygen atoms in total. The largest absolute Gasteiger partial charge is 0.509 e. The molecule has 1 saturated heterocycles. The smallest absolute Gasteiger partial charge is 0.108 e. The Labute approximate surface area is 179 Å². The molecule has 1 heterocycles. The number of alkyl halides is 1. The van der Waals surface area contributed by atoms with Gasteiger partial charge in [0.15, 0.2) is 0 Å². The number of aliphatic hydroxyl groups excluding tert-OH is 1. The minimum Gasteiger partial charge on any atom is -0.509 e. The van der Waals surface area contributed by atoms with Crippen LogP contribution in [0.25, 0.3) is 11.1 Å². The lowest BCUT2D eigenvalue weighted by Gasteiger charge is -2.27. The first-order valence-electron chi connectivity index (χ1n) is 10.5. The second-order valence-electron chi connectivity index (χ2n) is 7.56. The quantitative estimate of drug-likeness (QED) is 0.281. The first-order valence-corrected chi connectivity index (χ1v) is 10.5. The van der Waals surface area contributed by atoms with Gasteiger partial charge in [-0.3, -0.25) is 4.39 Å². The molecule has 1 fully saturated rings. The number of benzene rings is 2. The monoisotopic (exact) mass is 403 g/mol. The number of rotatable bonds is 9. The molecular formula is C27H30FNO. The van der Waals surface area contributed by atoms with Crippen molar-refractivity contribution in [2.45, 2.75) is 25.7 Å². The number of hydrogen-bond donors (Lipinski definition) is 2. The van der Waals surface area contributed by atoms with E-state index < -0.39 is 0 Å². The number of allylic oxidation sites excluding steroid dienone is 6. The molecule has 0 radical (unpaired) electrons. The van der Waals surface area contributed by atoms with Gasteiger partial charge in [-0.1, -0.05) is 73.3 Å². The van der Waals surface area contributed by atoms with Crippen LogP contribution >= 0.6 is 0 Å². The molecule has 3 heteroatoms. The molecule has 1 aliphatic heterocycles. The van der Waals surface area contributed by atoms with Crippen LogP contribution < -0.4 is 5.32 Å². The van der Waals surface area contributed by atoms with Gasteiger partial charge in [0.05, 0.1) is 6.67 Å². The highest BCUT2D eigenvalue weighted by Crippen LogP contribution is 2.36. The molecule has 0 bridgehead atoms. The zero-order chi connectivity index (χ0) is 21.3. The molecule has 0 aliphatic carbocycles. The van der Waals surface area contributed by atoms with E-state index in [0.29, 0.717) is 18.8 Å². The van der Waals surface area contributed by atoms with Crippen molar-refractivity contribution in [1.82, 2.24) is 5.32 Å². The van der Waals surface area contributed by atoms with E-state index in [4.69, 9.17) is 0 Å². The average Bonchev–Trinajstić information content (AvgIpc) is 2.73. The van der Waals surface area contributed by atoms with E-state index in [-0.39, 0.29) is 12.4 Å². The molecule has 156 valence electrons. The predicted octanol–water partition coefficient (Wildman–Crippen LogP) is 6.61. The molecule has 3 rings (SSSR count). The van der Waals surface area contributed by atoms with E-state index >= 15 is 0 Å². The van der Waals surface area contributed by atoms with E-state index in [0.717, 1.165) is 40.9 Å². The van der Waals surface area contributed by atoms with Crippen LogP contribution in [0.4, 0.5) is 4.39 Å². The lowest BCUT2D eigenvalue weighted by Crippen LogP contribution is -2.39. The second kappa shape index (κ2) is 10.7. The summed E-state index contributed by atoms with van der Waals surface area (Å²) in [6.45, 7) is 7.23. The molecule has 2 aromatic rings. The fourth-order valence-electron chi connectivity index (χ4n) is 3.77. The maximum Gasteiger partial charge on any atom is 0.108 e. The van der Waals surface area contributed by atoms with Gasteiger partial charge in [-0.05, 0) is 59.3 Å². The van der Waals surface area contributed by atoms with Crippen molar-refractivity contribution in [3.8, 4) is 0 Å². The van der Waals surface area contributed by atoms with Crippen LogP contribution in [0, 0.1) is 0 Å². The van der Waals surface area contributed by atoms with Crippen molar-refractivity contribution >= 4 is 11.1 Å². The summed E-state index contributed by atoms with van der Waals surface area (Å²) in [6.07, 6.45) is 6.60. The van der Waals surface area contributed by atoms with Gasteiger partial charge in [-0.2, -0.15) is 0 Å². The third-order valence-electron chi connectivity index (χ3n) is 5.49. The van der Waals surface area contributed by atoms with Gasteiger partial charge >= 0.3 is 0 Å². The highest BCUT2D eigenvalue weighted by Gasteiger charge is 2.20. The summed E-state index contributed by atoms with van der Waals surface area (Å²) in [5, 5.41) is 12.9. The zero-order valence-electron chi connectivity index (χ0n) is 17.6. The van der Waals surface area contributed by atoms with Crippen molar-refractivity contribution < 1.29 is 9.50 Å². The molecule has 0 amide bonds. The highest BCUT2D eigenvalue weighted by atomic mass is 19.1.